The zero-order valence-corrected chi connectivity index (χ0v) is 12.0. The first-order valence-corrected chi connectivity index (χ1v) is 6.48. The van der Waals surface area contributed by atoms with Crippen LogP contribution in [0.1, 0.15) is 6.42 Å². The average molecular weight is 352 g/mol. The molecule has 0 aromatic heterocycles. The summed E-state index contributed by atoms with van der Waals surface area (Å²) >= 11 is 9.13. The molecule has 0 aliphatic carbocycles. The van der Waals surface area contributed by atoms with Crippen LogP contribution in [-0.4, -0.2) is 34.9 Å². The van der Waals surface area contributed by atoms with Gasteiger partial charge in [-0.2, -0.15) is 0 Å². The average Bonchev–Trinajstić information content (AvgIpc) is 2.33. The molecule has 8 heteroatoms. The third-order valence-corrected chi connectivity index (χ3v) is 2.99. The molecule has 1 aromatic carbocycles. The molecule has 1 atom stereocenters. The van der Waals surface area contributed by atoms with E-state index in [0.717, 1.165) is 4.47 Å². The molecule has 1 aromatic rings. The van der Waals surface area contributed by atoms with E-state index >= 15 is 0 Å². The number of aliphatic hydroxyl groups is 1. The van der Waals surface area contributed by atoms with Gasteiger partial charge < -0.3 is 20.8 Å². The lowest BCUT2D eigenvalue weighted by molar-refractivity contribution is -0.146. The number of carbonyl (C=O) groups is 2. The smallest absolute Gasteiger partial charge is 0.332 e. The van der Waals surface area contributed by atoms with Crippen LogP contribution in [0.3, 0.4) is 0 Å². The van der Waals surface area contributed by atoms with Crippen LogP contribution in [0.2, 0.25) is 5.02 Å². The van der Waals surface area contributed by atoms with Crippen molar-refractivity contribution in [1.82, 2.24) is 5.32 Å². The molecule has 4 N–H and O–H groups in total. The van der Waals surface area contributed by atoms with Gasteiger partial charge in [0.2, 0.25) is 0 Å². The molecule has 0 aliphatic heterocycles. The zero-order chi connectivity index (χ0) is 14.4. The Morgan fingerprint density at radius 3 is 2.74 bits per heavy atom. The van der Waals surface area contributed by atoms with Crippen LogP contribution >= 0.6 is 27.5 Å². The number of aliphatic hydroxyl groups excluding tert-OH is 1. The molecular weight excluding hydrogens is 339 g/mol. The van der Waals surface area contributed by atoms with Crippen LogP contribution in [0.25, 0.3) is 0 Å². The van der Waals surface area contributed by atoms with Gasteiger partial charge in [-0.3, -0.25) is 0 Å². The Balaban J connectivity index is 2.43. The van der Waals surface area contributed by atoms with E-state index in [0.29, 0.717) is 10.7 Å². The normalized spacial score (nSPS) is 11.7. The Labute approximate surface area is 122 Å². The standard InChI is InChI=1S/C11H12BrClN2O4/c12-6-1-2-7(13)8(5-6)15-11(19)14-4-3-9(16)10(17)18/h1-2,5,9,16H,3-4H2,(H,17,18)(H2,14,15,19)/t9-/m0/s1. The number of aliphatic carboxylic acids is 1. The van der Waals surface area contributed by atoms with Gasteiger partial charge in [0.15, 0.2) is 6.10 Å². The molecule has 0 saturated heterocycles. The maximum absolute atomic E-state index is 11.5. The van der Waals surface area contributed by atoms with E-state index in [1.54, 1.807) is 18.2 Å². The number of urea groups is 1. The highest BCUT2D eigenvalue weighted by molar-refractivity contribution is 9.10. The third-order valence-electron chi connectivity index (χ3n) is 2.16. The summed E-state index contributed by atoms with van der Waals surface area (Å²) < 4.78 is 0.758. The highest BCUT2D eigenvalue weighted by atomic mass is 79.9. The molecule has 0 fully saturated rings. The van der Waals surface area contributed by atoms with Crippen molar-refractivity contribution < 1.29 is 19.8 Å². The van der Waals surface area contributed by atoms with Gasteiger partial charge in [0.25, 0.3) is 0 Å². The van der Waals surface area contributed by atoms with Crippen molar-refractivity contribution in [3.05, 3.63) is 27.7 Å². The maximum Gasteiger partial charge on any atom is 0.332 e. The number of amides is 2. The minimum atomic E-state index is -1.49. The van der Waals surface area contributed by atoms with Gasteiger partial charge in [0, 0.05) is 17.4 Å². The first-order chi connectivity index (χ1) is 8.90. The lowest BCUT2D eigenvalue weighted by Crippen LogP contribution is -2.33. The van der Waals surface area contributed by atoms with Crippen molar-refractivity contribution in [3.63, 3.8) is 0 Å². The number of carboxylic acid groups (broad SMARTS) is 1. The fourth-order valence-electron chi connectivity index (χ4n) is 1.21. The van der Waals surface area contributed by atoms with Gasteiger partial charge in [-0.1, -0.05) is 27.5 Å². The van der Waals surface area contributed by atoms with Crippen molar-refractivity contribution in [2.24, 2.45) is 0 Å². The number of rotatable bonds is 5. The van der Waals surface area contributed by atoms with E-state index in [9.17, 15) is 9.59 Å². The molecule has 0 radical (unpaired) electrons. The Hall–Kier alpha value is -1.31. The monoisotopic (exact) mass is 350 g/mol. The maximum atomic E-state index is 11.5. The SMILES string of the molecule is O=C(NCC[C@H](O)C(=O)O)Nc1cc(Br)ccc1Cl. The molecule has 0 spiro atoms. The molecule has 104 valence electrons. The number of carboxylic acids is 1. The number of hydrogen-bond donors (Lipinski definition) is 4. The molecule has 19 heavy (non-hydrogen) atoms. The molecule has 6 nitrogen and oxygen atoms in total. The topological polar surface area (TPSA) is 98.7 Å². The third kappa shape index (κ3) is 5.46. The van der Waals surface area contributed by atoms with Gasteiger partial charge in [-0.15, -0.1) is 0 Å². The van der Waals surface area contributed by atoms with Crippen molar-refractivity contribution >= 4 is 45.2 Å². The largest absolute Gasteiger partial charge is 0.479 e. The van der Waals surface area contributed by atoms with E-state index in [-0.39, 0.29) is 13.0 Å². The van der Waals surface area contributed by atoms with Crippen LogP contribution in [0.4, 0.5) is 10.5 Å². The molecule has 0 saturated carbocycles. The van der Waals surface area contributed by atoms with Gasteiger partial charge >= 0.3 is 12.0 Å². The van der Waals surface area contributed by atoms with E-state index in [2.05, 4.69) is 26.6 Å². The van der Waals surface area contributed by atoms with Crippen LogP contribution < -0.4 is 10.6 Å². The van der Waals surface area contributed by atoms with Gasteiger partial charge in [-0.25, -0.2) is 9.59 Å². The van der Waals surface area contributed by atoms with E-state index in [1.165, 1.54) is 0 Å². The highest BCUT2D eigenvalue weighted by Gasteiger charge is 2.13. The van der Waals surface area contributed by atoms with Crippen LogP contribution in [-0.2, 0) is 4.79 Å². The van der Waals surface area contributed by atoms with E-state index in [4.69, 9.17) is 21.8 Å². The summed E-state index contributed by atoms with van der Waals surface area (Å²) in [5, 5.41) is 22.8. The molecule has 0 unspecified atom stereocenters. The highest BCUT2D eigenvalue weighted by Crippen LogP contribution is 2.25. The fraction of sp³-hybridized carbons (Fsp3) is 0.273. The van der Waals surface area contributed by atoms with E-state index in [1.807, 2.05) is 0 Å². The van der Waals surface area contributed by atoms with Gasteiger partial charge in [-0.05, 0) is 18.2 Å². The summed E-state index contributed by atoms with van der Waals surface area (Å²) in [4.78, 5) is 21.8. The number of benzene rings is 1. The summed E-state index contributed by atoms with van der Waals surface area (Å²) in [5.74, 6) is -1.32. The second kappa shape index (κ2) is 7.32. The van der Waals surface area contributed by atoms with E-state index < -0.39 is 18.1 Å². The summed E-state index contributed by atoms with van der Waals surface area (Å²) in [7, 11) is 0. The van der Waals surface area contributed by atoms with Crippen molar-refractivity contribution in [3.8, 4) is 0 Å². The Bertz CT molecular complexity index is 484. The Kier molecular flexibility index (Phi) is 6.07. The van der Waals surface area contributed by atoms with Crippen LogP contribution in [0.15, 0.2) is 22.7 Å². The molecule has 0 heterocycles. The molecular formula is C11H12BrClN2O4. The second-order valence-electron chi connectivity index (χ2n) is 3.65. The number of nitrogens with one attached hydrogen (secondary N) is 2. The molecule has 0 aliphatic rings. The van der Waals surface area contributed by atoms with Gasteiger partial charge in [0.05, 0.1) is 10.7 Å². The first-order valence-electron chi connectivity index (χ1n) is 5.31. The zero-order valence-electron chi connectivity index (χ0n) is 9.69. The number of carbonyl (C=O) groups excluding carboxylic acids is 1. The fourth-order valence-corrected chi connectivity index (χ4v) is 1.73. The molecule has 1 rings (SSSR count). The van der Waals surface area contributed by atoms with Crippen LogP contribution in [0.5, 0.6) is 0 Å². The second-order valence-corrected chi connectivity index (χ2v) is 4.97. The van der Waals surface area contributed by atoms with Crippen molar-refractivity contribution in [2.45, 2.75) is 12.5 Å². The number of halogens is 2. The summed E-state index contributed by atoms with van der Waals surface area (Å²) in [6.07, 6.45) is -1.57. The Morgan fingerprint density at radius 2 is 2.11 bits per heavy atom. The minimum absolute atomic E-state index is 0.0327. The summed E-state index contributed by atoms with van der Waals surface area (Å²) in [6.45, 7) is 0.0327. The first kappa shape index (κ1) is 15.7. The van der Waals surface area contributed by atoms with Crippen molar-refractivity contribution in [2.75, 3.05) is 11.9 Å². The lowest BCUT2D eigenvalue weighted by Gasteiger charge is -2.10. The quantitative estimate of drug-likeness (QED) is 0.652. The predicted molar refractivity (Wildman–Crippen MR) is 74.4 cm³/mol. The number of hydrogen-bond acceptors (Lipinski definition) is 3. The van der Waals surface area contributed by atoms with Gasteiger partial charge in [0.1, 0.15) is 0 Å². The Morgan fingerprint density at radius 1 is 1.42 bits per heavy atom. The minimum Gasteiger partial charge on any atom is -0.479 e. The molecule has 2 amide bonds. The van der Waals surface area contributed by atoms with Crippen LogP contribution in [0, 0.1) is 0 Å². The number of anilines is 1. The molecule has 0 bridgehead atoms. The summed E-state index contributed by atoms with van der Waals surface area (Å²) in [6, 6.07) is 4.45. The summed E-state index contributed by atoms with van der Waals surface area (Å²) in [5.41, 5.74) is 0.423. The van der Waals surface area contributed by atoms with Crippen molar-refractivity contribution in [1.29, 1.82) is 0 Å². The lowest BCUT2D eigenvalue weighted by atomic mass is 10.2. The predicted octanol–water partition coefficient (Wildman–Crippen LogP) is 2.06.